The number of carbonyl (C=O) groups is 1. The zero-order valence-corrected chi connectivity index (χ0v) is 18.0. The number of hydrogen-bond acceptors (Lipinski definition) is 5. The van der Waals surface area contributed by atoms with Crippen molar-refractivity contribution < 1.29 is 9.53 Å². The first-order valence-electron chi connectivity index (χ1n) is 10.8. The standard InChI is InChI=1S/C26H27N3O2/c1-3-29(4-2)20-12-10-18(11-13-20)24-21(16-27)26(28)31-23-15-19(14-22(30)25(23)24)17-8-6-5-7-9-17/h5-13,19,24H,3-4,14-15,28H2,1-2H3. The number of nitrogens with two attached hydrogens (primary N) is 1. The molecular weight excluding hydrogens is 386 g/mol. The molecule has 5 nitrogen and oxygen atoms in total. The minimum atomic E-state index is -0.483. The largest absolute Gasteiger partial charge is 0.444 e. The van der Waals surface area contributed by atoms with Gasteiger partial charge in [-0.2, -0.15) is 5.26 Å². The van der Waals surface area contributed by atoms with E-state index in [1.54, 1.807) is 0 Å². The van der Waals surface area contributed by atoms with Gasteiger partial charge in [0.2, 0.25) is 5.88 Å². The highest BCUT2D eigenvalue weighted by Crippen LogP contribution is 2.46. The molecule has 1 aliphatic heterocycles. The number of nitrogens with zero attached hydrogens (tertiary/aromatic N) is 2. The van der Waals surface area contributed by atoms with Crippen LogP contribution in [0.1, 0.15) is 49.7 Å². The van der Waals surface area contributed by atoms with Crippen LogP contribution in [0.15, 0.2) is 77.4 Å². The van der Waals surface area contributed by atoms with E-state index in [-0.39, 0.29) is 17.6 Å². The number of hydrogen-bond donors (Lipinski definition) is 1. The van der Waals surface area contributed by atoms with Crippen LogP contribution in [0.2, 0.25) is 0 Å². The normalized spacial score (nSPS) is 20.7. The Morgan fingerprint density at radius 3 is 2.32 bits per heavy atom. The highest BCUT2D eigenvalue weighted by molar-refractivity contribution is 6.00. The Morgan fingerprint density at radius 1 is 1.03 bits per heavy atom. The summed E-state index contributed by atoms with van der Waals surface area (Å²) in [6.07, 6.45) is 0.997. The lowest BCUT2D eigenvalue weighted by molar-refractivity contribution is -0.117. The van der Waals surface area contributed by atoms with Crippen molar-refractivity contribution in [1.82, 2.24) is 0 Å². The number of Topliss-reactive ketones (excluding diaryl/α,β-unsaturated/α-hetero) is 1. The van der Waals surface area contributed by atoms with Crippen molar-refractivity contribution >= 4 is 11.5 Å². The number of anilines is 1. The molecule has 2 N–H and O–H groups in total. The zero-order valence-electron chi connectivity index (χ0n) is 18.0. The lowest BCUT2D eigenvalue weighted by Gasteiger charge is -2.34. The molecule has 1 aliphatic carbocycles. The van der Waals surface area contributed by atoms with Gasteiger partial charge in [0, 0.05) is 37.2 Å². The highest BCUT2D eigenvalue weighted by atomic mass is 16.5. The SMILES string of the molecule is CCN(CC)c1ccc(C2C(C#N)=C(N)OC3=C2C(=O)CC(c2ccccc2)C3)cc1. The highest BCUT2D eigenvalue weighted by Gasteiger charge is 2.40. The molecule has 31 heavy (non-hydrogen) atoms. The van der Waals surface area contributed by atoms with E-state index in [1.807, 2.05) is 54.6 Å². The topological polar surface area (TPSA) is 79.3 Å². The van der Waals surface area contributed by atoms with Crippen LogP contribution in [0.25, 0.3) is 0 Å². The quantitative estimate of drug-likeness (QED) is 0.766. The van der Waals surface area contributed by atoms with E-state index >= 15 is 0 Å². The van der Waals surface area contributed by atoms with Gasteiger partial charge in [0.25, 0.3) is 0 Å². The lowest BCUT2D eigenvalue weighted by Crippen LogP contribution is -2.30. The monoisotopic (exact) mass is 413 g/mol. The first kappa shape index (κ1) is 20.7. The molecule has 2 aromatic rings. The summed E-state index contributed by atoms with van der Waals surface area (Å²) in [5.41, 5.74) is 10.2. The summed E-state index contributed by atoms with van der Waals surface area (Å²) in [4.78, 5) is 15.6. The summed E-state index contributed by atoms with van der Waals surface area (Å²) >= 11 is 0. The number of benzene rings is 2. The molecule has 0 saturated carbocycles. The molecule has 158 valence electrons. The first-order valence-corrected chi connectivity index (χ1v) is 10.8. The summed E-state index contributed by atoms with van der Waals surface area (Å²) in [7, 11) is 0. The molecule has 2 unspecified atom stereocenters. The maximum Gasteiger partial charge on any atom is 0.205 e. The van der Waals surface area contributed by atoms with Crippen molar-refractivity contribution in [3.63, 3.8) is 0 Å². The minimum absolute atomic E-state index is 0.0215. The Labute approximate surface area is 183 Å². The van der Waals surface area contributed by atoms with Gasteiger partial charge in [0.1, 0.15) is 17.4 Å². The van der Waals surface area contributed by atoms with Crippen molar-refractivity contribution in [2.24, 2.45) is 5.73 Å². The van der Waals surface area contributed by atoms with Crippen LogP contribution in [0.5, 0.6) is 0 Å². The second-order valence-corrected chi connectivity index (χ2v) is 7.96. The van der Waals surface area contributed by atoms with Crippen molar-refractivity contribution in [2.75, 3.05) is 18.0 Å². The molecule has 0 bridgehead atoms. The van der Waals surface area contributed by atoms with Crippen LogP contribution in [0.4, 0.5) is 5.69 Å². The molecule has 2 aromatic carbocycles. The van der Waals surface area contributed by atoms with E-state index in [0.29, 0.717) is 29.7 Å². The maximum atomic E-state index is 13.3. The molecule has 0 spiro atoms. The minimum Gasteiger partial charge on any atom is -0.444 e. The molecule has 0 aromatic heterocycles. The van der Waals surface area contributed by atoms with Gasteiger partial charge >= 0.3 is 0 Å². The predicted octanol–water partition coefficient (Wildman–Crippen LogP) is 4.74. The predicted molar refractivity (Wildman–Crippen MR) is 121 cm³/mol. The zero-order chi connectivity index (χ0) is 22.0. The molecule has 4 rings (SSSR count). The molecule has 0 radical (unpaired) electrons. The van der Waals surface area contributed by atoms with Crippen LogP contribution < -0.4 is 10.6 Å². The van der Waals surface area contributed by atoms with Crippen molar-refractivity contribution in [2.45, 2.75) is 38.5 Å². The van der Waals surface area contributed by atoms with E-state index in [1.165, 1.54) is 0 Å². The average Bonchev–Trinajstić information content (AvgIpc) is 2.80. The van der Waals surface area contributed by atoms with E-state index in [2.05, 4.69) is 24.8 Å². The van der Waals surface area contributed by atoms with Crippen LogP contribution in [0.3, 0.4) is 0 Å². The van der Waals surface area contributed by atoms with E-state index < -0.39 is 5.92 Å². The fourth-order valence-corrected chi connectivity index (χ4v) is 4.67. The van der Waals surface area contributed by atoms with Crippen LogP contribution in [-0.2, 0) is 9.53 Å². The van der Waals surface area contributed by atoms with Gasteiger partial charge in [-0.15, -0.1) is 0 Å². The van der Waals surface area contributed by atoms with E-state index in [4.69, 9.17) is 10.5 Å². The number of allylic oxidation sites excluding steroid dienone is 3. The molecular formula is C26H27N3O2. The van der Waals surface area contributed by atoms with E-state index in [9.17, 15) is 10.1 Å². The van der Waals surface area contributed by atoms with Crippen LogP contribution in [-0.4, -0.2) is 18.9 Å². The van der Waals surface area contributed by atoms with Gasteiger partial charge in [-0.05, 0) is 43.0 Å². The Morgan fingerprint density at radius 2 is 1.71 bits per heavy atom. The Kier molecular flexibility index (Phi) is 5.81. The second-order valence-electron chi connectivity index (χ2n) is 7.96. The van der Waals surface area contributed by atoms with Crippen molar-refractivity contribution in [3.8, 4) is 6.07 Å². The van der Waals surface area contributed by atoms with Gasteiger partial charge in [0.15, 0.2) is 5.78 Å². The number of rotatable bonds is 5. The molecule has 2 aliphatic rings. The van der Waals surface area contributed by atoms with Gasteiger partial charge in [-0.1, -0.05) is 42.5 Å². The van der Waals surface area contributed by atoms with Crippen LogP contribution in [0, 0.1) is 11.3 Å². The van der Waals surface area contributed by atoms with E-state index in [0.717, 1.165) is 29.9 Å². The maximum absolute atomic E-state index is 13.3. The molecule has 2 atom stereocenters. The molecule has 1 heterocycles. The summed E-state index contributed by atoms with van der Waals surface area (Å²) in [6.45, 7) is 6.07. The fourth-order valence-electron chi connectivity index (χ4n) is 4.67. The summed E-state index contributed by atoms with van der Waals surface area (Å²) in [6, 6.07) is 20.3. The first-order chi connectivity index (χ1) is 15.1. The van der Waals surface area contributed by atoms with Gasteiger partial charge < -0.3 is 15.4 Å². The third-order valence-electron chi connectivity index (χ3n) is 6.29. The average molecular weight is 414 g/mol. The Bertz CT molecular complexity index is 1070. The Balaban J connectivity index is 1.73. The third kappa shape index (κ3) is 3.82. The van der Waals surface area contributed by atoms with Gasteiger partial charge in [0.05, 0.1) is 5.92 Å². The number of ether oxygens (including phenoxy) is 1. The van der Waals surface area contributed by atoms with Gasteiger partial charge in [-0.3, -0.25) is 4.79 Å². The summed E-state index contributed by atoms with van der Waals surface area (Å²) in [5, 5.41) is 9.81. The Hall–Kier alpha value is -3.52. The number of ketones is 1. The molecule has 0 amide bonds. The fraction of sp³-hybridized carbons (Fsp3) is 0.308. The molecule has 0 fully saturated rings. The van der Waals surface area contributed by atoms with Gasteiger partial charge in [-0.25, -0.2) is 0 Å². The van der Waals surface area contributed by atoms with Crippen molar-refractivity contribution in [1.29, 1.82) is 5.26 Å². The summed E-state index contributed by atoms with van der Waals surface area (Å²) in [5.74, 6) is 0.284. The molecule has 0 saturated heterocycles. The molecule has 5 heteroatoms. The number of nitriles is 1. The lowest BCUT2D eigenvalue weighted by atomic mass is 9.73. The second kappa shape index (κ2) is 8.69. The smallest absolute Gasteiger partial charge is 0.205 e. The third-order valence-corrected chi connectivity index (χ3v) is 6.29. The number of carbonyl (C=O) groups excluding carboxylic acids is 1. The van der Waals surface area contributed by atoms with Crippen molar-refractivity contribution in [3.05, 3.63) is 88.5 Å². The van der Waals surface area contributed by atoms with Crippen LogP contribution >= 0.6 is 0 Å². The summed E-state index contributed by atoms with van der Waals surface area (Å²) < 4.78 is 5.85.